The number of aromatic nitrogens is 1. The highest BCUT2D eigenvalue weighted by Crippen LogP contribution is 2.51. The molecule has 0 spiro atoms. The molecule has 0 aliphatic heterocycles. The van der Waals surface area contributed by atoms with Crippen molar-refractivity contribution in [3.63, 3.8) is 0 Å². The van der Waals surface area contributed by atoms with Crippen LogP contribution in [0.4, 0.5) is 17.1 Å². The second-order valence-corrected chi connectivity index (χ2v) is 15.2. The quantitative estimate of drug-likeness (QED) is 0.171. The molecule has 266 valence electrons. The second-order valence-electron chi connectivity index (χ2n) is 15.2. The average molecular weight is 721 g/mol. The van der Waals surface area contributed by atoms with Crippen LogP contribution in [0.3, 0.4) is 0 Å². The first kappa shape index (κ1) is 32.3. The lowest BCUT2D eigenvalue weighted by molar-refractivity contribution is 0.617. The summed E-state index contributed by atoms with van der Waals surface area (Å²) in [6, 6.07) is 64.5. The zero-order valence-corrected chi connectivity index (χ0v) is 31.0. The van der Waals surface area contributed by atoms with Crippen LogP contribution in [-0.4, -0.2) is 4.98 Å². The number of anilines is 3. The third-order valence-electron chi connectivity index (χ3n) is 11.5. The monoisotopic (exact) mass is 720 g/mol. The minimum Gasteiger partial charge on any atom is -0.456 e. The molecular weight excluding hydrogens is 685 g/mol. The standard InChI is InChI=1S/C52H36N2O2/c1-52(2)44-19-11-9-18-40(44)41-28-26-38(30-45(41)52)54(47-20-12-10-17-39(47)34-13-5-3-6-14-34)37-24-21-33(22-25-37)36-23-27-42-43-31-46-50(32-49(43)55-48(42)29-36)56-51(53-46)35-15-7-4-8-16-35/h3-32H,1-2H3. The number of para-hydroxylation sites is 1. The van der Waals surface area contributed by atoms with E-state index in [4.69, 9.17) is 13.8 Å². The second kappa shape index (κ2) is 12.4. The van der Waals surface area contributed by atoms with Crippen LogP contribution in [0.25, 0.3) is 77.9 Å². The zero-order chi connectivity index (χ0) is 37.4. The van der Waals surface area contributed by atoms with Gasteiger partial charge in [0.15, 0.2) is 5.58 Å². The van der Waals surface area contributed by atoms with E-state index in [0.29, 0.717) is 11.5 Å². The summed E-state index contributed by atoms with van der Waals surface area (Å²) >= 11 is 0. The highest BCUT2D eigenvalue weighted by molar-refractivity contribution is 6.09. The Morgan fingerprint density at radius 1 is 0.429 bits per heavy atom. The van der Waals surface area contributed by atoms with Crippen LogP contribution in [0.2, 0.25) is 0 Å². The number of hydrogen-bond donors (Lipinski definition) is 0. The number of benzene rings is 8. The Kier molecular flexibility index (Phi) is 7.17. The summed E-state index contributed by atoms with van der Waals surface area (Å²) in [5.74, 6) is 0.607. The first-order valence-corrected chi connectivity index (χ1v) is 19.1. The molecule has 0 bridgehead atoms. The molecule has 0 fully saturated rings. The number of fused-ring (bicyclic) bond motifs is 7. The van der Waals surface area contributed by atoms with E-state index in [1.165, 1.54) is 33.4 Å². The highest BCUT2D eigenvalue weighted by atomic mass is 16.4. The summed E-state index contributed by atoms with van der Waals surface area (Å²) in [7, 11) is 0. The van der Waals surface area contributed by atoms with Gasteiger partial charge < -0.3 is 13.7 Å². The van der Waals surface area contributed by atoms with Crippen LogP contribution >= 0.6 is 0 Å². The van der Waals surface area contributed by atoms with E-state index < -0.39 is 0 Å². The molecular formula is C52H36N2O2. The van der Waals surface area contributed by atoms with Crippen LogP contribution in [0.15, 0.2) is 191 Å². The van der Waals surface area contributed by atoms with Gasteiger partial charge in [-0.2, -0.15) is 0 Å². The van der Waals surface area contributed by atoms with Crippen molar-refractivity contribution >= 4 is 50.1 Å². The van der Waals surface area contributed by atoms with E-state index >= 15 is 0 Å². The lowest BCUT2D eigenvalue weighted by Crippen LogP contribution is -2.16. The van der Waals surface area contributed by atoms with Gasteiger partial charge >= 0.3 is 0 Å². The minimum atomic E-state index is -0.114. The van der Waals surface area contributed by atoms with E-state index in [1.54, 1.807) is 0 Å². The smallest absolute Gasteiger partial charge is 0.227 e. The fourth-order valence-electron chi connectivity index (χ4n) is 8.67. The van der Waals surface area contributed by atoms with Gasteiger partial charge in [-0.3, -0.25) is 0 Å². The van der Waals surface area contributed by atoms with Gasteiger partial charge in [-0.05, 0) is 99.6 Å². The third kappa shape index (κ3) is 5.10. The molecule has 0 amide bonds. The largest absolute Gasteiger partial charge is 0.456 e. The Bertz CT molecular complexity index is 3100. The van der Waals surface area contributed by atoms with Crippen LogP contribution in [0.1, 0.15) is 25.0 Å². The number of oxazole rings is 1. The summed E-state index contributed by atoms with van der Waals surface area (Å²) in [6.45, 7) is 4.68. The van der Waals surface area contributed by atoms with Gasteiger partial charge in [0.2, 0.25) is 5.89 Å². The molecule has 10 aromatic rings. The van der Waals surface area contributed by atoms with Crippen LogP contribution in [0.5, 0.6) is 0 Å². The molecule has 1 aliphatic carbocycles. The Morgan fingerprint density at radius 2 is 1.07 bits per heavy atom. The van der Waals surface area contributed by atoms with Gasteiger partial charge in [0.05, 0.1) is 5.69 Å². The Labute approximate surface area is 324 Å². The van der Waals surface area contributed by atoms with E-state index in [1.807, 2.05) is 36.4 Å². The first-order chi connectivity index (χ1) is 27.5. The van der Waals surface area contributed by atoms with Gasteiger partial charge in [0.1, 0.15) is 16.7 Å². The minimum absolute atomic E-state index is 0.114. The predicted octanol–water partition coefficient (Wildman–Crippen LogP) is 14.5. The molecule has 2 heterocycles. The fourth-order valence-corrected chi connectivity index (χ4v) is 8.67. The summed E-state index contributed by atoms with van der Waals surface area (Å²) < 4.78 is 12.6. The zero-order valence-electron chi connectivity index (χ0n) is 31.0. The summed E-state index contributed by atoms with van der Waals surface area (Å²) in [5, 5.41) is 2.08. The van der Waals surface area contributed by atoms with Crippen molar-refractivity contribution in [3.05, 3.63) is 193 Å². The Morgan fingerprint density at radius 3 is 1.88 bits per heavy atom. The van der Waals surface area contributed by atoms with Gasteiger partial charge in [-0.1, -0.05) is 129 Å². The highest BCUT2D eigenvalue weighted by Gasteiger charge is 2.36. The Hall–Kier alpha value is -7.17. The van der Waals surface area contributed by atoms with Crippen molar-refractivity contribution in [2.75, 3.05) is 4.90 Å². The molecule has 0 saturated carbocycles. The average Bonchev–Trinajstić information content (AvgIpc) is 3.90. The van der Waals surface area contributed by atoms with Crippen molar-refractivity contribution in [3.8, 4) is 44.8 Å². The molecule has 0 N–H and O–H groups in total. The number of furan rings is 1. The van der Waals surface area contributed by atoms with E-state index in [-0.39, 0.29) is 5.41 Å². The van der Waals surface area contributed by atoms with Gasteiger partial charge in [-0.15, -0.1) is 0 Å². The molecule has 0 saturated heterocycles. The molecule has 0 radical (unpaired) electrons. The van der Waals surface area contributed by atoms with Crippen molar-refractivity contribution in [2.24, 2.45) is 0 Å². The Balaban J connectivity index is 0.991. The van der Waals surface area contributed by atoms with E-state index in [9.17, 15) is 0 Å². The SMILES string of the molecule is CC1(C)c2ccccc2-c2ccc(N(c3ccc(-c4ccc5c(c4)oc4cc6oc(-c7ccccc7)nc6cc45)cc3)c3ccccc3-c3ccccc3)cc21. The lowest BCUT2D eigenvalue weighted by atomic mass is 9.82. The summed E-state index contributed by atoms with van der Waals surface area (Å²) in [4.78, 5) is 7.20. The van der Waals surface area contributed by atoms with E-state index in [2.05, 4.69) is 164 Å². The van der Waals surface area contributed by atoms with E-state index in [0.717, 1.165) is 61.2 Å². The molecule has 8 aromatic carbocycles. The molecule has 56 heavy (non-hydrogen) atoms. The number of hydrogen-bond acceptors (Lipinski definition) is 4. The summed E-state index contributed by atoms with van der Waals surface area (Å²) in [5.41, 5.74) is 17.2. The van der Waals surface area contributed by atoms with Gasteiger partial charge in [0, 0.05) is 44.8 Å². The summed E-state index contributed by atoms with van der Waals surface area (Å²) in [6.07, 6.45) is 0. The van der Waals surface area contributed by atoms with Crippen LogP contribution < -0.4 is 4.90 Å². The molecule has 4 nitrogen and oxygen atoms in total. The number of nitrogens with zero attached hydrogens (tertiary/aromatic N) is 2. The van der Waals surface area contributed by atoms with Crippen LogP contribution in [-0.2, 0) is 5.41 Å². The predicted molar refractivity (Wildman–Crippen MR) is 230 cm³/mol. The maximum Gasteiger partial charge on any atom is 0.227 e. The topological polar surface area (TPSA) is 42.4 Å². The van der Waals surface area contributed by atoms with Crippen molar-refractivity contribution in [1.82, 2.24) is 4.98 Å². The molecule has 0 unspecified atom stereocenters. The maximum atomic E-state index is 6.45. The number of rotatable bonds is 6. The van der Waals surface area contributed by atoms with Gasteiger partial charge in [0.25, 0.3) is 0 Å². The normalized spacial score (nSPS) is 13.0. The third-order valence-corrected chi connectivity index (χ3v) is 11.5. The van der Waals surface area contributed by atoms with Crippen molar-refractivity contribution in [1.29, 1.82) is 0 Å². The molecule has 4 heteroatoms. The first-order valence-electron chi connectivity index (χ1n) is 19.1. The maximum absolute atomic E-state index is 6.45. The van der Waals surface area contributed by atoms with Crippen molar-refractivity contribution < 1.29 is 8.83 Å². The molecule has 0 atom stereocenters. The van der Waals surface area contributed by atoms with Gasteiger partial charge in [-0.25, -0.2) is 4.98 Å². The van der Waals surface area contributed by atoms with Crippen LogP contribution in [0, 0.1) is 0 Å². The molecule has 11 rings (SSSR count). The fraction of sp³-hybridized carbons (Fsp3) is 0.0577. The molecule has 2 aromatic heterocycles. The lowest BCUT2D eigenvalue weighted by Gasteiger charge is -2.30. The molecule has 1 aliphatic rings. The van der Waals surface area contributed by atoms with Crippen molar-refractivity contribution in [2.45, 2.75) is 19.3 Å².